The number of carbonyl (C=O) groups is 1. The molecule has 1 aliphatic heterocycles. The van der Waals surface area contributed by atoms with E-state index in [1.807, 2.05) is 18.2 Å². The van der Waals surface area contributed by atoms with E-state index in [2.05, 4.69) is 0 Å². The predicted molar refractivity (Wildman–Crippen MR) is 43.2 cm³/mol. The van der Waals surface area contributed by atoms with Gasteiger partial charge in [-0.05, 0) is 0 Å². The van der Waals surface area contributed by atoms with Gasteiger partial charge in [0.25, 0.3) is 0 Å². The second-order valence-electron chi connectivity index (χ2n) is 2.19. The molecular formula is C8H5AsO2. The van der Waals surface area contributed by atoms with Gasteiger partial charge in [-0.1, -0.05) is 0 Å². The second-order valence-corrected chi connectivity index (χ2v) is 3.55. The zero-order chi connectivity index (χ0) is 7.68. The van der Waals surface area contributed by atoms with Crippen molar-refractivity contribution in [2.24, 2.45) is 0 Å². The SMILES string of the molecule is O=C1C=[As]Oc2ccccc21. The summed E-state index contributed by atoms with van der Waals surface area (Å²) in [6.45, 7) is 0. The molecule has 1 aromatic rings. The van der Waals surface area contributed by atoms with Crippen LogP contribution in [0.25, 0.3) is 0 Å². The Morgan fingerprint density at radius 2 is 2.09 bits per heavy atom. The Balaban J connectivity index is 2.59. The fourth-order valence-corrected chi connectivity index (χ4v) is 2.13. The van der Waals surface area contributed by atoms with Crippen LogP contribution in [-0.2, 0) is 0 Å². The average molecular weight is 208 g/mol. The van der Waals surface area contributed by atoms with Gasteiger partial charge < -0.3 is 0 Å². The molecule has 0 N–H and O–H groups in total. The second kappa shape index (κ2) is 2.63. The van der Waals surface area contributed by atoms with Gasteiger partial charge in [0.2, 0.25) is 0 Å². The molecular weight excluding hydrogens is 203 g/mol. The number of rotatable bonds is 0. The van der Waals surface area contributed by atoms with Crippen molar-refractivity contribution in [1.29, 1.82) is 0 Å². The van der Waals surface area contributed by atoms with Crippen LogP contribution >= 0.6 is 0 Å². The Hall–Kier alpha value is -0.882. The molecule has 2 rings (SSSR count). The Morgan fingerprint density at radius 3 is 2.91 bits per heavy atom. The Labute approximate surface area is 70.8 Å². The van der Waals surface area contributed by atoms with Crippen LogP contribution in [0.15, 0.2) is 24.3 Å². The monoisotopic (exact) mass is 208 g/mol. The summed E-state index contributed by atoms with van der Waals surface area (Å²) in [5.41, 5.74) is 0.689. The predicted octanol–water partition coefficient (Wildman–Crippen LogP) is 0.683. The third-order valence-corrected chi connectivity index (χ3v) is 2.82. The first-order valence-electron chi connectivity index (χ1n) is 3.22. The normalized spacial score (nSPS) is 15.5. The first-order chi connectivity index (χ1) is 5.38. The third kappa shape index (κ3) is 1.14. The summed E-state index contributed by atoms with van der Waals surface area (Å²) in [6.07, 6.45) is 0. The molecule has 0 saturated heterocycles. The van der Waals surface area contributed by atoms with Crippen LogP contribution in [0.5, 0.6) is 5.75 Å². The van der Waals surface area contributed by atoms with Gasteiger partial charge in [0.15, 0.2) is 0 Å². The summed E-state index contributed by atoms with van der Waals surface area (Å²) in [5, 5.41) is 0. The first kappa shape index (κ1) is 6.81. The Morgan fingerprint density at radius 1 is 1.27 bits per heavy atom. The molecule has 0 unspecified atom stereocenters. The molecule has 0 radical (unpaired) electrons. The zero-order valence-electron chi connectivity index (χ0n) is 5.65. The van der Waals surface area contributed by atoms with E-state index in [0.29, 0.717) is 5.56 Å². The molecule has 0 aliphatic carbocycles. The van der Waals surface area contributed by atoms with Crippen LogP contribution < -0.4 is 3.73 Å². The minimum atomic E-state index is -0.358. The summed E-state index contributed by atoms with van der Waals surface area (Å²) in [7, 11) is 0. The summed E-state index contributed by atoms with van der Waals surface area (Å²) in [4.78, 5) is 12.8. The van der Waals surface area contributed by atoms with Crippen molar-refractivity contribution in [3.8, 4) is 5.75 Å². The van der Waals surface area contributed by atoms with Crippen molar-refractivity contribution in [1.82, 2.24) is 0 Å². The topological polar surface area (TPSA) is 26.3 Å². The molecule has 0 aromatic heterocycles. The maximum atomic E-state index is 11.2. The van der Waals surface area contributed by atoms with Crippen LogP contribution in [0, 0.1) is 0 Å². The van der Waals surface area contributed by atoms with Crippen LogP contribution in [0.1, 0.15) is 10.4 Å². The van der Waals surface area contributed by atoms with Crippen LogP contribution in [-0.4, -0.2) is 26.2 Å². The third-order valence-electron chi connectivity index (χ3n) is 1.47. The van der Waals surface area contributed by atoms with E-state index >= 15 is 0 Å². The zero-order valence-corrected chi connectivity index (χ0v) is 7.53. The van der Waals surface area contributed by atoms with Crippen molar-refractivity contribution in [2.75, 3.05) is 0 Å². The van der Waals surface area contributed by atoms with Crippen molar-refractivity contribution in [3.63, 3.8) is 0 Å². The van der Waals surface area contributed by atoms with Gasteiger partial charge in [-0.25, -0.2) is 0 Å². The molecule has 54 valence electrons. The molecule has 11 heavy (non-hydrogen) atoms. The Kier molecular flexibility index (Phi) is 1.63. The molecule has 0 saturated carbocycles. The van der Waals surface area contributed by atoms with Gasteiger partial charge in [-0.2, -0.15) is 0 Å². The molecule has 1 aliphatic rings. The average Bonchev–Trinajstić information content (AvgIpc) is 2.06. The van der Waals surface area contributed by atoms with Crippen molar-refractivity contribution in [3.05, 3.63) is 29.8 Å². The van der Waals surface area contributed by atoms with Crippen molar-refractivity contribution in [2.45, 2.75) is 0 Å². The molecule has 0 fully saturated rings. The van der Waals surface area contributed by atoms with Gasteiger partial charge in [-0.3, -0.25) is 0 Å². The van der Waals surface area contributed by atoms with Gasteiger partial charge in [0.05, 0.1) is 0 Å². The number of hydrogen-bond acceptors (Lipinski definition) is 2. The quantitative estimate of drug-likeness (QED) is 0.586. The number of carbonyl (C=O) groups excluding carboxylic acids is 1. The maximum absolute atomic E-state index is 11.2. The van der Waals surface area contributed by atoms with Crippen LogP contribution in [0.2, 0.25) is 0 Å². The van der Waals surface area contributed by atoms with Gasteiger partial charge in [0, 0.05) is 0 Å². The van der Waals surface area contributed by atoms with Gasteiger partial charge >= 0.3 is 70.3 Å². The molecule has 1 aromatic carbocycles. The first-order valence-corrected chi connectivity index (χ1v) is 5.06. The molecule has 0 amide bonds. The number of Topliss-reactive ketones (excluding diaryl/α,β-unsaturated/α-hetero) is 1. The number of para-hydroxylation sites is 1. The minimum absolute atomic E-state index is 0.104. The van der Waals surface area contributed by atoms with Crippen LogP contribution in [0.3, 0.4) is 0 Å². The van der Waals surface area contributed by atoms with E-state index in [-0.39, 0.29) is 21.4 Å². The summed E-state index contributed by atoms with van der Waals surface area (Å²) in [6, 6.07) is 7.33. The number of ketones is 1. The van der Waals surface area contributed by atoms with Crippen molar-refractivity contribution < 1.29 is 8.52 Å². The van der Waals surface area contributed by atoms with E-state index in [1.54, 1.807) is 10.9 Å². The Bertz CT molecular complexity index is 331. The van der Waals surface area contributed by atoms with E-state index < -0.39 is 0 Å². The number of fused-ring (bicyclic) bond motifs is 1. The molecule has 3 heteroatoms. The molecule has 0 spiro atoms. The fraction of sp³-hybridized carbons (Fsp3) is 0. The van der Waals surface area contributed by atoms with Gasteiger partial charge in [0.1, 0.15) is 0 Å². The van der Waals surface area contributed by atoms with Crippen molar-refractivity contribution >= 4 is 26.2 Å². The number of hydrogen-bond donors (Lipinski definition) is 0. The molecule has 0 bridgehead atoms. The summed E-state index contributed by atoms with van der Waals surface area (Å²) in [5.74, 6) is 0.840. The van der Waals surface area contributed by atoms with Gasteiger partial charge in [-0.15, -0.1) is 0 Å². The van der Waals surface area contributed by atoms with E-state index in [9.17, 15) is 4.79 Å². The van der Waals surface area contributed by atoms with E-state index in [1.165, 1.54) is 0 Å². The summed E-state index contributed by atoms with van der Waals surface area (Å²) >= 11 is -0.358. The standard InChI is InChI=1S/C8H5AsO2/c10-7-5-9-11-8-4-2-1-3-6(7)8/h1-5H. The van der Waals surface area contributed by atoms with Crippen LogP contribution in [0.4, 0.5) is 0 Å². The fourth-order valence-electron chi connectivity index (χ4n) is 0.950. The van der Waals surface area contributed by atoms with E-state index in [0.717, 1.165) is 5.75 Å². The molecule has 1 heterocycles. The van der Waals surface area contributed by atoms with E-state index in [4.69, 9.17) is 3.73 Å². The number of benzene rings is 1. The molecule has 2 nitrogen and oxygen atoms in total. The summed E-state index contributed by atoms with van der Waals surface area (Å²) < 4.78 is 5.31. The molecule has 0 atom stereocenters.